The number of hydrogen-bond donors (Lipinski definition) is 1. The number of anilines is 2. The van der Waals surface area contributed by atoms with Crippen LogP contribution in [0.1, 0.15) is 21.6 Å². The van der Waals surface area contributed by atoms with Crippen LogP contribution in [0.25, 0.3) is 10.6 Å². The molecule has 2 aromatic heterocycles. The number of nitrogens with zero attached hydrogens (tertiary/aromatic N) is 4. The molecule has 1 aromatic carbocycles. The minimum Gasteiger partial charge on any atom is -0.354 e. The SMILES string of the molecule is Cc1nc(N(C)C)sc1-c1ccnc(NC(=O)c2ccc(CCl)cc2)n1. The predicted octanol–water partition coefficient (Wildman–Crippen LogP) is 3.97. The monoisotopic (exact) mass is 387 g/mol. The van der Waals surface area contributed by atoms with Gasteiger partial charge in [0.1, 0.15) is 0 Å². The smallest absolute Gasteiger partial charge is 0.258 e. The van der Waals surface area contributed by atoms with Gasteiger partial charge in [0.05, 0.1) is 16.3 Å². The lowest BCUT2D eigenvalue weighted by Gasteiger charge is -2.06. The van der Waals surface area contributed by atoms with E-state index >= 15 is 0 Å². The van der Waals surface area contributed by atoms with Crippen LogP contribution in [0.2, 0.25) is 0 Å². The van der Waals surface area contributed by atoms with Gasteiger partial charge in [0, 0.05) is 31.7 Å². The second-order valence-corrected chi connectivity index (χ2v) is 7.10. The van der Waals surface area contributed by atoms with E-state index in [1.54, 1.807) is 29.7 Å². The first-order chi connectivity index (χ1) is 12.5. The fraction of sp³-hybridized carbons (Fsp3) is 0.222. The first-order valence-corrected chi connectivity index (χ1v) is 9.27. The Morgan fingerprint density at radius 1 is 1.19 bits per heavy atom. The molecule has 0 radical (unpaired) electrons. The summed E-state index contributed by atoms with van der Waals surface area (Å²) in [5, 5.41) is 3.64. The van der Waals surface area contributed by atoms with Crippen molar-refractivity contribution in [3.05, 3.63) is 53.3 Å². The van der Waals surface area contributed by atoms with E-state index in [1.807, 2.05) is 44.1 Å². The third-order valence-corrected chi connectivity index (χ3v) is 5.31. The molecule has 0 aliphatic carbocycles. The largest absolute Gasteiger partial charge is 0.354 e. The Morgan fingerprint density at radius 2 is 1.92 bits per heavy atom. The van der Waals surface area contributed by atoms with E-state index in [2.05, 4.69) is 20.3 Å². The molecule has 1 amide bonds. The van der Waals surface area contributed by atoms with Gasteiger partial charge in [0.25, 0.3) is 5.91 Å². The highest BCUT2D eigenvalue weighted by molar-refractivity contribution is 7.19. The standard InChI is InChI=1S/C18H18ClN5OS/c1-11-15(26-18(21-11)24(2)3)14-8-9-20-17(22-14)23-16(25)13-6-4-12(10-19)5-7-13/h4-9H,10H2,1-3H3,(H,20,22,23,25). The molecule has 2 heterocycles. The number of alkyl halides is 1. The molecule has 0 aliphatic rings. The zero-order valence-electron chi connectivity index (χ0n) is 14.7. The molecule has 0 bridgehead atoms. The molecule has 0 saturated heterocycles. The van der Waals surface area contributed by atoms with Gasteiger partial charge in [-0.2, -0.15) is 0 Å². The molecular weight excluding hydrogens is 370 g/mol. The lowest BCUT2D eigenvalue weighted by Crippen LogP contribution is -2.14. The number of carbonyl (C=O) groups is 1. The van der Waals surface area contributed by atoms with Crippen molar-refractivity contribution in [1.29, 1.82) is 0 Å². The maximum atomic E-state index is 12.4. The number of rotatable bonds is 5. The highest BCUT2D eigenvalue weighted by Gasteiger charge is 2.14. The van der Waals surface area contributed by atoms with Crippen molar-refractivity contribution in [2.75, 3.05) is 24.3 Å². The summed E-state index contributed by atoms with van der Waals surface area (Å²) >= 11 is 7.32. The summed E-state index contributed by atoms with van der Waals surface area (Å²) in [5.74, 6) is 0.405. The van der Waals surface area contributed by atoms with Crippen molar-refractivity contribution in [2.24, 2.45) is 0 Å². The van der Waals surface area contributed by atoms with Gasteiger partial charge in [0.15, 0.2) is 5.13 Å². The van der Waals surface area contributed by atoms with Crippen LogP contribution in [-0.4, -0.2) is 35.0 Å². The van der Waals surface area contributed by atoms with Crippen molar-refractivity contribution in [2.45, 2.75) is 12.8 Å². The highest BCUT2D eigenvalue weighted by Crippen LogP contribution is 2.32. The van der Waals surface area contributed by atoms with Crippen LogP contribution in [0, 0.1) is 6.92 Å². The van der Waals surface area contributed by atoms with Gasteiger partial charge in [-0.3, -0.25) is 10.1 Å². The Morgan fingerprint density at radius 3 is 2.54 bits per heavy atom. The second-order valence-electron chi connectivity index (χ2n) is 5.86. The van der Waals surface area contributed by atoms with Gasteiger partial charge >= 0.3 is 0 Å². The second kappa shape index (κ2) is 7.80. The molecule has 134 valence electrons. The molecule has 3 aromatic rings. The summed E-state index contributed by atoms with van der Waals surface area (Å²) in [6.45, 7) is 1.94. The first-order valence-electron chi connectivity index (χ1n) is 7.92. The average Bonchev–Trinajstić information content (AvgIpc) is 3.04. The first kappa shape index (κ1) is 18.3. The molecule has 6 nitrogen and oxygen atoms in total. The Labute approximate surface area is 160 Å². The third-order valence-electron chi connectivity index (χ3n) is 3.65. The van der Waals surface area contributed by atoms with Crippen molar-refractivity contribution in [3.8, 4) is 10.6 Å². The van der Waals surface area contributed by atoms with Crippen LogP contribution in [0.3, 0.4) is 0 Å². The Hall–Kier alpha value is -2.51. The van der Waals surface area contributed by atoms with Crippen LogP contribution in [0.15, 0.2) is 36.5 Å². The molecule has 0 atom stereocenters. The number of hydrogen-bond acceptors (Lipinski definition) is 6. The van der Waals surface area contributed by atoms with Crippen molar-refractivity contribution in [1.82, 2.24) is 15.0 Å². The van der Waals surface area contributed by atoms with Gasteiger partial charge in [-0.05, 0) is 30.7 Å². The number of benzene rings is 1. The van der Waals surface area contributed by atoms with Gasteiger partial charge in [-0.1, -0.05) is 23.5 Å². The molecule has 0 spiro atoms. The average molecular weight is 388 g/mol. The van der Waals surface area contributed by atoms with E-state index in [-0.39, 0.29) is 11.9 Å². The summed E-state index contributed by atoms with van der Waals surface area (Å²) in [5.41, 5.74) is 3.11. The number of carbonyl (C=O) groups excluding carboxylic acids is 1. The van der Waals surface area contributed by atoms with Crippen LogP contribution >= 0.6 is 22.9 Å². The maximum absolute atomic E-state index is 12.4. The van der Waals surface area contributed by atoms with Crippen LogP contribution in [0.4, 0.5) is 11.1 Å². The summed E-state index contributed by atoms with van der Waals surface area (Å²) < 4.78 is 0. The van der Waals surface area contributed by atoms with Crippen molar-refractivity contribution in [3.63, 3.8) is 0 Å². The fourth-order valence-electron chi connectivity index (χ4n) is 2.28. The third kappa shape index (κ3) is 4.00. The number of aryl methyl sites for hydroxylation is 1. The Kier molecular flexibility index (Phi) is 5.49. The molecule has 26 heavy (non-hydrogen) atoms. The lowest BCUT2D eigenvalue weighted by atomic mass is 10.1. The van der Waals surface area contributed by atoms with Crippen molar-refractivity contribution < 1.29 is 4.79 Å². The molecular formula is C18H18ClN5OS. The topological polar surface area (TPSA) is 71.0 Å². The molecule has 0 aliphatic heterocycles. The minimum absolute atomic E-state index is 0.258. The fourth-order valence-corrected chi connectivity index (χ4v) is 3.41. The normalized spacial score (nSPS) is 10.6. The Bertz CT molecular complexity index is 924. The van der Waals surface area contributed by atoms with E-state index in [9.17, 15) is 4.79 Å². The number of thiazole rings is 1. The number of halogens is 1. The number of aromatic nitrogens is 3. The van der Waals surface area contributed by atoms with E-state index in [4.69, 9.17) is 11.6 Å². The quantitative estimate of drug-likeness (QED) is 0.671. The molecule has 0 saturated carbocycles. The predicted molar refractivity (Wildman–Crippen MR) is 106 cm³/mol. The summed E-state index contributed by atoms with van der Waals surface area (Å²) in [6.07, 6.45) is 1.63. The van der Waals surface area contributed by atoms with Crippen LogP contribution in [-0.2, 0) is 5.88 Å². The zero-order chi connectivity index (χ0) is 18.7. The zero-order valence-corrected chi connectivity index (χ0v) is 16.2. The van der Waals surface area contributed by atoms with Gasteiger partial charge in [-0.15, -0.1) is 11.6 Å². The molecule has 0 unspecified atom stereocenters. The van der Waals surface area contributed by atoms with Gasteiger partial charge < -0.3 is 4.90 Å². The highest BCUT2D eigenvalue weighted by atomic mass is 35.5. The van der Waals surface area contributed by atoms with E-state index in [0.717, 1.165) is 27.0 Å². The summed E-state index contributed by atoms with van der Waals surface area (Å²) in [4.78, 5) is 28.4. The van der Waals surface area contributed by atoms with Gasteiger partial charge in [-0.25, -0.2) is 15.0 Å². The summed E-state index contributed by atoms with van der Waals surface area (Å²) in [6, 6.07) is 8.91. The lowest BCUT2D eigenvalue weighted by molar-refractivity contribution is 0.102. The van der Waals surface area contributed by atoms with E-state index in [0.29, 0.717) is 11.4 Å². The molecule has 3 rings (SSSR count). The minimum atomic E-state index is -0.265. The summed E-state index contributed by atoms with van der Waals surface area (Å²) in [7, 11) is 3.90. The number of nitrogens with one attached hydrogen (secondary N) is 1. The van der Waals surface area contributed by atoms with Crippen LogP contribution < -0.4 is 10.2 Å². The van der Waals surface area contributed by atoms with E-state index < -0.39 is 0 Å². The Balaban J connectivity index is 1.82. The van der Waals surface area contributed by atoms with Crippen LogP contribution in [0.5, 0.6) is 0 Å². The molecule has 1 N–H and O–H groups in total. The van der Waals surface area contributed by atoms with E-state index in [1.165, 1.54) is 0 Å². The van der Waals surface area contributed by atoms with Gasteiger partial charge in [0.2, 0.25) is 5.95 Å². The number of amides is 1. The molecule has 8 heteroatoms. The molecule has 0 fully saturated rings. The maximum Gasteiger partial charge on any atom is 0.258 e. The van der Waals surface area contributed by atoms with Crippen molar-refractivity contribution >= 4 is 39.9 Å².